The van der Waals surface area contributed by atoms with E-state index in [-0.39, 0.29) is 5.78 Å². The molecule has 2 rings (SSSR count). The normalized spacial score (nSPS) is 10.6. The van der Waals surface area contributed by atoms with Crippen LogP contribution < -0.4 is 0 Å². The molecule has 0 N–H and O–H groups in total. The van der Waals surface area contributed by atoms with Crippen molar-refractivity contribution in [1.29, 1.82) is 0 Å². The van der Waals surface area contributed by atoms with Crippen LogP contribution in [0.1, 0.15) is 31.2 Å². The van der Waals surface area contributed by atoms with E-state index in [2.05, 4.69) is 0 Å². The number of halogens is 1. The van der Waals surface area contributed by atoms with E-state index >= 15 is 0 Å². The molecule has 1 heterocycles. The zero-order valence-corrected chi connectivity index (χ0v) is 11.6. The van der Waals surface area contributed by atoms with Gasteiger partial charge in [0, 0.05) is 25.9 Å². The van der Waals surface area contributed by atoms with Crippen LogP contribution >= 0.6 is 22.9 Å². The van der Waals surface area contributed by atoms with Crippen molar-refractivity contribution in [3.05, 3.63) is 55.7 Å². The Morgan fingerprint density at radius 1 is 1.18 bits per heavy atom. The highest BCUT2D eigenvalue weighted by Gasteiger charge is 2.14. The molecule has 2 aromatic rings. The monoisotopic (exact) mass is 264 g/mol. The van der Waals surface area contributed by atoms with E-state index in [1.54, 1.807) is 23.5 Å². The lowest BCUT2D eigenvalue weighted by molar-refractivity contribution is 0.103. The van der Waals surface area contributed by atoms with Crippen molar-refractivity contribution in [3.63, 3.8) is 0 Å². The second kappa shape index (κ2) is 4.63. The Hall–Kier alpha value is -1.12. The van der Waals surface area contributed by atoms with Gasteiger partial charge >= 0.3 is 0 Å². The van der Waals surface area contributed by atoms with Crippen molar-refractivity contribution >= 4 is 28.7 Å². The minimum absolute atomic E-state index is 0.0756. The lowest BCUT2D eigenvalue weighted by Crippen LogP contribution is -2.01. The highest BCUT2D eigenvalue weighted by Crippen LogP contribution is 2.25. The SMILES string of the molecule is Cc1cc(C(=O)c2ccc(Cl)c(C)c2)c(C)s1. The van der Waals surface area contributed by atoms with Crippen LogP contribution in [0.3, 0.4) is 0 Å². The number of hydrogen-bond acceptors (Lipinski definition) is 2. The molecule has 1 aromatic heterocycles. The molecule has 1 nitrogen and oxygen atoms in total. The topological polar surface area (TPSA) is 17.1 Å². The van der Waals surface area contributed by atoms with Crippen molar-refractivity contribution < 1.29 is 4.79 Å². The Morgan fingerprint density at radius 2 is 1.88 bits per heavy atom. The number of carbonyl (C=O) groups is 1. The predicted molar refractivity (Wildman–Crippen MR) is 73.4 cm³/mol. The van der Waals surface area contributed by atoms with Crippen LogP contribution in [0.5, 0.6) is 0 Å². The molecule has 17 heavy (non-hydrogen) atoms. The fourth-order valence-corrected chi connectivity index (χ4v) is 2.84. The zero-order valence-electron chi connectivity index (χ0n) is 10.0. The Bertz CT molecular complexity index is 584. The van der Waals surface area contributed by atoms with Gasteiger partial charge in [-0.1, -0.05) is 11.6 Å². The smallest absolute Gasteiger partial charge is 0.194 e. The molecule has 0 spiro atoms. The van der Waals surface area contributed by atoms with Crippen LogP contribution in [0, 0.1) is 20.8 Å². The van der Waals surface area contributed by atoms with Crippen LogP contribution in [0.4, 0.5) is 0 Å². The summed E-state index contributed by atoms with van der Waals surface area (Å²) in [6, 6.07) is 7.35. The molecule has 88 valence electrons. The molecular formula is C14H13ClOS. The lowest BCUT2D eigenvalue weighted by Gasteiger charge is -2.03. The molecule has 0 saturated carbocycles. The van der Waals surface area contributed by atoms with E-state index in [0.717, 1.165) is 20.9 Å². The van der Waals surface area contributed by atoms with E-state index < -0.39 is 0 Å². The van der Waals surface area contributed by atoms with Gasteiger partial charge in [-0.25, -0.2) is 0 Å². The van der Waals surface area contributed by atoms with E-state index in [9.17, 15) is 4.79 Å². The Kier molecular flexibility index (Phi) is 3.36. The van der Waals surface area contributed by atoms with Crippen LogP contribution in [-0.2, 0) is 0 Å². The molecule has 0 bridgehead atoms. The number of aryl methyl sites for hydroxylation is 3. The number of rotatable bonds is 2. The standard InChI is InChI=1S/C14H13ClOS/c1-8-6-11(4-5-13(8)15)14(16)12-7-9(2)17-10(12)3/h4-7H,1-3H3. The number of benzene rings is 1. The summed E-state index contributed by atoms with van der Waals surface area (Å²) in [6.45, 7) is 5.90. The molecule has 0 aliphatic heterocycles. The second-order valence-corrected chi connectivity index (χ2v) is 5.99. The maximum absolute atomic E-state index is 12.3. The Balaban J connectivity index is 2.44. The third-order valence-electron chi connectivity index (χ3n) is 2.71. The van der Waals surface area contributed by atoms with Crippen molar-refractivity contribution in [1.82, 2.24) is 0 Å². The third kappa shape index (κ3) is 2.43. The Labute approximate surface area is 110 Å². The molecule has 1 aromatic carbocycles. The summed E-state index contributed by atoms with van der Waals surface area (Å²) in [7, 11) is 0. The van der Waals surface area contributed by atoms with Crippen molar-refractivity contribution in [3.8, 4) is 0 Å². The minimum atomic E-state index is 0.0756. The fraction of sp³-hybridized carbons (Fsp3) is 0.214. The number of carbonyl (C=O) groups excluding carboxylic acids is 1. The fourth-order valence-electron chi connectivity index (χ4n) is 1.80. The quantitative estimate of drug-likeness (QED) is 0.727. The summed E-state index contributed by atoms with van der Waals surface area (Å²) in [4.78, 5) is 14.5. The van der Waals surface area contributed by atoms with Crippen LogP contribution in [0.25, 0.3) is 0 Å². The van der Waals surface area contributed by atoms with E-state index in [0.29, 0.717) is 10.6 Å². The van der Waals surface area contributed by atoms with Gasteiger partial charge in [0.2, 0.25) is 0 Å². The average Bonchev–Trinajstić information content (AvgIpc) is 2.61. The Morgan fingerprint density at radius 3 is 2.41 bits per heavy atom. The number of thiophene rings is 1. The summed E-state index contributed by atoms with van der Waals surface area (Å²) in [6.07, 6.45) is 0. The molecule has 0 radical (unpaired) electrons. The van der Waals surface area contributed by atoms with Gasteiger partial charge in [0.1, 0.15) is 0 Å². The molecular weight excluding hydrogens is 252 g/mol. The van der Waals surface area contributed by atoms with Gasteiger partial charge in [-0.15, -0.1) is 11.3 Å². The number of ketones is 1. The maximum Gasteiger partial charge on any atom is 0.194 e. The summed E-state index contributed by atoms with van der Waals surface area (Å²) < 4.78 is 0. The average molecular weight is 265 g/mol. The van der Waals surface area contributed by atoms with Gasteiger partial charge in [-0.05, 0) is 50.6 Å². The van der Waals surface area contributed by atoms with Crippen molar-refractivity contribution in [2.45, 2.75) is 20.8 Å². The van der Waals surface area contributed by atoms with Crippen LogP contribution in [-0.4, -0.2) is 5.78 Å². The second-order valence-electron chi connectivity index (χ2n) is 4.12. The molecule has 0 saturated heterocycles. The lowest BCUT2D eigenvalue weighted by atomic mass is 10.0. The van der Waals surface area contributed by atoms with Gasteiger partial charge in [-0.2, -0.15) is 0 Å². The van der Waals surface area contributed by atoms with E-state index in [1.807, 2.05) is 32.9 Å². The molecule has 0 fully saturated rings. The largest absolute Gasteiger partial charge is 0.289 e. The summed E-state index contributed by atoms with van der Waals surface area (Å²) in [5, 5.41) is 0.694. The van der Waals surface area contributed by atoms with Gasteiger partial charge in [0.25, 0.3) is 0 Å². The molecule has 0 atom stereocenters. The third-order valence-corrected chi connectivity index (χ3v) is 4.10. The minimum Gasteiger partial charge on any atom is -0.289 e. The first-order valence-corrected chi connectivity index (χ1v) is 6.56. The van der Waals surface area contributed by atoms with Gasteiger partial charge < -0.3 is 0 Å². The zero-order chi connectivity index (χ0) is 12.6. The van der Waals surface area contributed by atoms with Crippen molar-refractivity contribution in [2.24, 2.45) is 0 Å². The van der Waals surface area contributed by atoms with Crippen molar-refractivity contribution in [2.75, 3.05) is 0 Å². The predicted octanol–water partition coefficient (Wildman–Crippen LogP) is 4.56. The summed E-state index contributed by atoms with van der Waals surface area (Å²) >= 11 is 7.61. The summed E-state index contributed by atoms with van der Waals surface area (Å²) in [5.74, 6) is 0.0756. The summed E-state index contributed by atoms with van der Waals surface area (Å²) in [5.41, 5.74) is 2.43. The highest BCUT2D eigenvalue weighted by molar-refractivity contribution is 7.12. The van der Waals surface area contributed by atoms with E-state index in [4.69, 9.17) is 11.6 Å². The first-order valence-electron chi connectivity index (χ1n) is 5.37. The first kappa shape index (κ1) is 12.3. The first-order chi connectivity index (χ1) is 7.99. The highest BCUT2D eigenvalue weighted by atomic mass is 35.5. The maximum atomic E-state index is 12.3. The molecule has 0 aliphatic carbocycles. The molecule has 0 aliphatic rings. The van der Waals surface area contributed by atoms with Gasteiger partial charge in [0.05, 0.1) is 0 Å². The molecule has 0 unspecified atom stereocenters. The number of hydrogen-bond donors (Lipinski definition) is 0. The molecule has 3 heteroatoms. The van der Waals surface area contributed by atoms with E-state index in [1.165, 1.54) is 0 Å². The van der Waals surface area contributed by atoms with Gasteiger partial charge in [-0.3, -0.25) is 4.79 Å². The van der Waals surface area contributed by atoms with Crippen LogP contribution in [0.2, 0.25) is 5.02 Å². The molecule has 0 amide bonds. The van der Waals surface area contributed by atoms with Gasteiger partial charge in [0.15, 0.2) is 5.78 Å². The van der Waals surface area contributed by atoms with Crippen LogP contribution in [0.15, 0.2) is 24.3 Å².